The van der Waals surface area contributed by atoms with Crippen LogP contribution in [0.15, 0.2) is 66.4 Å². The van der Waals surface area contributed by atoms with Gasteiger partial charge < -0.3 is 10.7 Å². The number of nitrogens with one attached hydrogen (secondary N) is 1. The average molecular weight is 500 g/mol. The van der Waals surface area contributed by atoms with Crippen molar-refractivity contribution in [3.63, 3.8) is 0 Å². The third-order valence-corrected chi connectivity index (χ3v) is 6.36. The second-order valence-electron chi connectivity index (χ2n) is 8.87. The molecule has 5 aromatic rings. The van der Waals surface area contributed by atoms with Gasteiger partial charge in [0, 0.05) is 17.6 Å². The number of aromatic amines is 1. The molecule has 10 heteroatoms. The number of alkyl halides is 3. The highest BCUT2D eigenvalue weighted by molar-refractivity contribution is 6.15. The summed E-state index contributed by atoms with van der Waals surface area (Å²) >= 11 is 0. The monoisotopic (exact) mass is 500 g/mol. The van der Waals surface area contributed by atoms with E-state index in [1.165, 1.54) is 23.0 Å². The highest BCUT2D eigenvalue weighted by atomic mass is 19.4. The number of Topliss-reactive ketones (excluding diaryl/α,β-unsaturated/α-hetero) is 1. The molecule has 0 aliphatic heterocycles. The van der Waals surface area contributed by atoms with Crippen molar-refractivity contribution in [2.45, 2.75) is 19.5 Å². The number of rotatable bonds is 4. The first-order valence-corrected chi connectivity index (χ1v) is 11.4. The van der Waals surface area contributed by atoms with Crippen LogP contribution in [0.25, 0.3) is 34.1 Å². The first-order chi connectivity index (χ1) is 17.7. The van der Waals surface area contributed by atoms with Gasteiger partial charge in [-0.05, 0) is 60.5 Å². The number of hydrogen-bond acceptors (Lipinski definition) is 5. The Hall–Kier alpha value is -4.73. The summed E-state index contributed by atoms with van der Waals surface area (Å²) in [6.07, 6.45) is -0.981. The van der Waals surface area contributed by atoms with Crippen LogP contribution in [0.4, 0.5) is 19.0 Å². The number of anilines is 1. The lowest BCUT2D eigenvalue weighted by molar-refractivity contribution is -0.141. The van der Waals surface area contributed by atoms with Crippen molar-refractivity contribution in [1.29, 1.82) is 0 Å². The molecule has 184 valence electrons. The Labute approximate surface area is 208 Å². The first kappa shape index (κ1) is 22.7. The third kappa shape index (κ3) is 3.96. The highest BCUT2D eigenvalue weighted by Crippen LogP contribution is 2.34. The predicted octanol–water partition coefficient (Wildman–Crippen LogP) is 5.54. The third-order valence-electron chi connectivity index (χ3n) is 6.36. The van der Waals surface area contributed by atoms with E-state index in [9.17, 15) is 18.0 Å². The summed E-state index contributed by atoms with van der Waals surface area (Å²) < 4.78 is 40.8. The van der Waals surface area contributed by atoms with E-state index in [0.717, 1.165) is 34.1 Å². The molecule has 7 nitrogen and oxygen atoms in total. The Morgan fingerprint density at radius 2 is 1.92 bits per heavy atom. The molecule has 0 amide bonds. The van der Waals surface area contributed by atoms with Crippen LogP contribution < -0.4 is 5.73 Å². The van der Waals surface area contributed by atoms with Crippen molar-refractivity contribution >= 4 is 28.7 Å². The van der Waals surface area contributed by atoms with Crippen molar-refractivity contribution in [2.24, 2.45) is 0 Å². The fourth-order valence-electron chi connectivity index (χ4n) is 4.57. The number of nitrogens with zero attached hydrogens (tertiary/aromatic N) is 4. The van der Waals surface area contributed by atoms with E-state index < -0.39 is 11.9 Å². The molecule has 37 heavy (non-hydrogen) atoms. The lowest BCUT2D eigenvalue weighted by atomic mass is 10.0. The van der Waals surface area contributed by atoms with E-state index in [0.29, 0.717) is 23.2 Å². The number of carbonyl (C=O) groups is 1. The lowest BCUT2D eigenvalue weighted by Gasteiger charge is -2.09. The van der Waals surface area contributed by atoms with E-state index >= 15 is 0 Å². The smallest absolute Gasteiger partial charge is 0.383 e. The van der Waals surface area contributed by atoms with E-state index in [1.807, 2.05) is 25.1 Å². The SMILES string of the molecule is Cc1nc2ccc(-n3ncc(C(=O)C4=Cc5ccc(-c6cccc(C(F)(F)F)n6)cc5C4)c3N)cc2[nH]1. The highest BCUT2D eigenvalue weighted by Gasteiger charge is 2.32. The number of halogens is 3. The summed E-state index contributed by atoms with van der Waals surface area (Å²) in [7, 11) is 0. The van der Waals surface area contributed by atoms with E-state index in [4.69, 9.17) is 5.73 Å². The molecule has 3 N–H and O–H groups in total. The maximum absolute atomic E-state index is 13.4. The Morgan fingerprint density at radius 1 is 1.08 bits per heavy atom. The zero-order valence-corrected chi connectivity index (χ0v) is 19.5. The number of hydrogen-bond donors (Lipinski definition) is 2. The largest absolute Gasteiger partial charge is 0.433 e. The maximum Gasteiger partial charge on any atom is 0.433 e. The molecule has 1 aliphatic carbocycles. The van der Waals surface area contributed by atoms with Crippen LogP contribution in [0, 0.1) is 6.92 Å². The van der Waals surface area contributed by atoms with Gasteiger partial charge in [-0.1, -0.05) is 18.2 Å². The normalized spacial score (nSPS) is 13.1. The van der Waals surface area contributed by atoms with E-state index in [2.05, 4.69) is 20.1 Å². The van der Waals surface area contributed by atoms with E-state index in [-0.39, 0.29) is 22.9 Å². The van der Waals surface area contributed by atoms with Gasteiger partial charge in [0.1, 0.15) is 17.3 Å². The van der Waals surface area contributed by atoms with Crippen LogP contribution in [0.2, 0.25) is 0 Å². The number of carbonyl (C=O) groups excluding carboxylic acids is 1. The van der Waals surface area contributed by atoms with Crippen LogP contribution >= 0.6 is 0 Å². The van der Waals surface area contributed by atoms with Crippen molar-refractivity contribution < 1.29 is 18.0 Å². The molecule has 3 heterocycles. The number of aryl methyl sites for hydroxylation is 1. The molecule has 2 aromatic carbocycles. The Bertz CT molecular complexity index is 1740. The molecule has 0 atom stereocenters. The van der Waals surface area contributed by atoms with Crippen molar-refractivity contribution in [1.82, 2.24) is 24.7 Å². The summed E-state index contributed by atoms with van der Waals surface area (Å²) in [6, 6.07) is 14.6. The summed E-state index contributed by atoms with van der Waals surface area (Å²) in [5, 5.41) is 4.33. The van der Waals surface area contributed by atoms with Crippen molar-refractivity contribution in [2.75, 3.05) is 5.73 Å². The van der Waals surface area contributed by atoms with Crippen LogP contribution in [-0.2, 0) is 12.6 Å². The first-order valence-electron chi connectivity index (χ1n) is 11.4. The molecule has 0 saturated carbocycles. The molecule has 6 rings (SSSR count). The second kappa shape index (κ2) is 8.16. The maximum atomic E-state index is 13.4. The average Bonchev–Trinajstić information content (AvgIpc) is 3.57. The molecule has 0 fully saturated rings. The molecule has 0 bridgehead atoms. The lowest BCUT2D eigenvalue weighted by Crippen LogP contribution is -2.08. The van der Waals surface area contributed by atoms with Gasteiger partial charge in [0.15, 0.2) is 5.78 Å². The number of imidazole rings is 1. The fraction of sp³-hybridized carbons (Fsp3) is 0.111. The molecule has 3 aromatic heterocycles. The van der Waals surface area contributed by atoms with Gasteiger partial charge >= 0.3 is 6.18 Å². The minimum absolute atomic E-state index is 0.214. The molecular formula is C27H19F3N6O. The Balaban J connectivity index is 1.26. The zero-order valence-electron chi connectivity index (χ0n) is 19.5. The predicted molar refractivity (Wildman–Crippen MR) is 133 cm³/mol. The van der Waals surface area contributed by atoms with Crippen LogP contribution in [0.3, 0.4) is 0 Å². The number of nitrogens with two attached hydrogens (primary N) is 1. The molecule has 0 saturated heterocycles. The molecule has 0 spiro atoms. The quantitative estimate of drug-likeness (QED) is 0.316. The summed E-state index contributed by atoms with van der Waals surface area (Å²) in [4.78, 5) is 24.7. The van der Waals surface area contributed by atoms with Gasteiger partial charge in [-0.25, -0.2) is 14.6 Å². The summed E-state index contributed by atoms with van der Waals surface area (Å²) in [6.45, 7) is 1.87. The molecule has 0 radical (unpaired) electrons. The van der Waals surface area contributed by atoms with Crippen molar-refractivity contribution in [3.05, 3.63) is 94.6 Å². The van der Waals surface area contributed by atoms with Gasteiger partial charge in [-0.2, -0.15) is 18.3 Å². The second-order valence-corrected chi connectivity index (χ2v) is 8.87. The standard InChI is InChI=1S/C27H19F3N6O/c1-14-33-22-8-7-19(12-23(22)34-14)36-26(31)20(13-32-36)25(37)18-9-15-5-6-16(10-17(15)11-18)21-3-2-4-24(35-21)27(28,29)30/h2-10,12-13H,11,31H2,1H3,(H,33,34). The topological polar surface area (TPSA) is 102 Å². The zero-order chi connectivity index (χ0) is 25.9. The Kier molecular flexibility index (Phi) is 5.01. The number of H-pyrrole nitrogens is 1. The number of allylic oxidation sites excluding steroid dienone is 1. The van der Waals surface area contributed by atoms with Crippen LogP contribution in [0.1, 0.15) is 33.0 Å². The van der Waals surface area contributed by atoms with Gasteiger partial charge in [0.05, 0.1) is 34.2 Å². The number of benzene rings is 2. The van der Waals surface area contributed by atoms with Crippen LogP contribution in [-0.4, -0.2) is 30.5 Å². The van der Waals surface area contributed by atoms with Gasteiger partial charge in [0.2, 0.25) is 0 Å². The van der Waals surface area contributed by atoms with Crippen LogP contribution in [0.5, 0.6) is 0 Å². The number of pyridine rings is 1. The van der Waals surface area contributed by atoms with E-state index in [1.54, 1.807) is 24.3 Å². The number of aromatic nitrogens is 5. The van der Waals surface area contributed by atoms with Gasteiger partial charge in [-0.3, -0.25) is 4.79 Å². The molecule has 1 aliphatic rings. The summed E-state index contributed by atoms with van der Waals surface area (Å²) in [5.74, 6) is 0.750. The number of ketones is 1. The number of fused-ring (bicyclic) bond motifs is 2. The van der Waals surface area contributed by atoms with Gasteiger partial charge in [-0.15, -0.1) is 0 Å². The minimum atomic E-state index is -4.53. The van der Waals surface area contributed by atoms with Crippen molar-refractivity contribution in [3.8, 4) is 16.9 Å². The van der Waals surface area contributed by atoms with Gasteiger partial charge in [0.25, 0.3) is 0 Å². The number of nitrogen functional groups attached to an aromatic ring is 1. The minimum Gasteiger partial charge on any atom is -0.383 e. The summed E-state index contributed by atoms with van der Waals surface area (Å²) in [5.41, 5.74) is 10.9. The molecular weight excluding hydrogens is 481 g/mol. The molecule has 0 unspecified atom stereocenters. The Morgan fingerprint density at radius 3 is 2.73 bits per heavy atom. The fourth-order valence-corrected chi connectivity index (χ4v) is 4.57.